The molecule has 24 heavy (non-hydrogen) atoms. The largest absolute Gasteiger partial charge is 0.459 e. The van der Waals surface area contributed by atoms with Gasteiger partial charge in [0.15, 0.2) is 5.96 Å². The lowest BCUT2D eigenvalue weighted by atomic mass is 10.1. The van der Waals surface area contributed by atoms with E-state index in [1.165, 1.54) is 5.56 Å². The summed E-state index contributed by atoms with van der Waals surface area (Å²) in [5, 5.41) is 7.79. The number of fused-ring (bicyclic) bond motifs is 1. The van der Waals surface area contributed by atoms with Crippen LogP contribution in [0, 0.1) is 6.92 Å². The number of benzene rings is 1. The molecular weight excluding hydrogens is 304 g/mol. The number of hydrogen-bond acceptors (Lipinski definition) is 4. The monoisotopic (exact) mass is 332 g/mol. The number of rotatable bonds is 8. The minimum absolute atomic E-state index is 0.611. The molecule has 1 aromatic heterocycles. The molecule has 1 aromatic carbocycles. The topological polar surface area (TPSA) is 62.0 Å². The second kappa shape index (κ2) is 9.30. The summed E-state index contributed by atoms with van der Waals surface area (Å²) in [4.78, 5) is 6.47. The van der Waals surface area contributed by atoms with Crippen molar-refractivity contribution in [2.45, 2.75) is 13.5 Å². The van der Waals surface area contributed by atoms with E-state index in [0.717, 1.165) is 48.9 Å². The molecule has 0 saturated carbocycles. The Morgan fingerprint density at radius 3 is 2.75 bits per heavy atom. The number of methoxy groups -OCH3 is 1. The lowest BCUT2D eigenvalue weighted by Gasteiger charge is -2.17. The van der Waals surface area contributed by atoms with Crippen LogP contribution in [0.15, 0.2) is 33.7 Å². The Labute approximate surface area is 143 Å². The molecule has 0 bridgehead atoms. The van der Waals surface area contributed by atoms with E-state index in [2.05, 4.69) is 40.6 Å². The third-order valence-electron chi connectivity index (χ3n) is 4.05. The Kier molecular flexibility index (Phi) is 7.08. The Balaban J connectivity index is 1.81. The van der Waals surface area contributed by atoms with E-state index in [1.807, 2.05) is 18.2 Å². The summed E-state index contributed by atoms with van der Waals surface area (Å²) in [6, 6.07) is 8.10. The van der Waals surface area contributed by atoms with Gasteiger partial charge >= 0.3 is 0 Å². The van der Waals surface area contributed by atoms with Crippen molar-refractivity contribution in [1.82, 2.24) is 15.5 Å². The maximum absolute atomic E-state index is 5.91. The fraction of sp³-hybridized carbons (Fsp3) is 0.500. The highest BCUT2D eigenvalue weighted by Crippen LogP contribution is 2.24. The van der Waals surface area contributed by atoms with Crippen LogP contribution in [0.4, 0.5) is 0 Å². The lowest BCUT2D eigenvalue weighted by molar-refractivity contribution is 0.162. The molecule has 1 heterocycles. The maximum atomic E-state index is 5.91. The molecule has 0 spiro atoms. The zero-order valence-corrected chi connectivity index (χ0v) is 15.1. The second-order valence-corrected chi connectivity index (χ2v) is 5.80. The van der Waals surface area contributed by atoms with E-state index in [9.17, 15) is 0 Å². The van der Waals surface area contributed by atoms with Gasteiger partial charge in [0.05, 0.1) is 13.2 Å². The molecule has 0 fully saturated rings. The number of aryl methyl sites for hydroxylation is 1. The molecule has 0 aliphatic carbocycles. The smallest absolute Gasteiger partial charge is 0.191 e. The van der Waals surface area contributed by atoms with E-state index in [0.29, 0.717) is 6.54 Å². The summed E-state index contributed by atoms with van der Waals surface area (Å²) in [7, 11) is 5.57. The first kappa shape index (κ1) is 18.3. The number of likely N-dealkylation sites (N-methyl/N-ethyl adjacent to an activating group) is 1. The van der Waals surface area contributed by atoms with E-state index in [1.54, 1.807) is 14.2 Å². The van der Waals surface area contributed by atoms with Gasteiger partial charge in [0, 0.05) is 44.7 Å². The van der Waals surface area contributed by atoms with Crippen LogP contribution in [0.25, 0.3) is 11.0 Å². The van der Waals surface area contributed by atoms with Gasteiger partial charge in [0.1, 0.15) is 11.3 Å². The average molecular weight is 332 g/mol. The number of ether oxygens (including phenoxy) is 1. The van der Waals surface area contributed by atoms with Gasteiger partial charge in [-0.05, 0) is 20.0 Å². The van der Waals surface area contributed by atoms with Crippen LogP contribution in [0.3, 0.4) is 0 Å². The zero-order valence-electron chi connectivity index (χ0n) is 15.1. The number of para-hydroxylation sites is 1. The van der Waals surface area contributed by atoms with E-state index in [-0.39, 0.29) is 0 Å². The van der Waals surface area contributed by atoms with Crippen LogP contribution in [0.2, 0.25) is 0 Å². The summed E-state index contributed by atoms with van der Waals surface area (Å²) in [5.74, 6) is 1.71. The molecule has 6 nitrogen and oxygen atoms in total. The fourth-order valence-corrected chi connectivity index (χ4v) is 2.50. The summed E-state index contributed by atoms with van der Waals surface area (Å²) in [6.45, 7) is 6.10. The van der Waals surface area contributed by atoms with Crippen LogP contribution in [-0.2, 0) is 11.3 Å². The van der Waals surface area contributed by atoms with Crippen molar-refractivity contribution in [2.24, 2.45) is 4.99 Å². The van der Waals surface area contributed by atoms with Gasteiger partial charge in [0.25, 0.3) is 0 Å². The van der Waals surface area contributed by atoms with Crippen molar-refractivity contribution >= 4 is 16.9 Å². The average Bonchev–Trinajstić information content (AvgIpc) is 2.92. The van der Waals surface area contributed by atoms with E-state index < -0.39 is 0 Å². The predicted molar refractivity (Wildman–Crippen MR) is 98.5 cm³/mol. The number of hydrogen-bond donors (Lipinski definition) is 2. The molecule has 0 saturated heterocycles. The molecule has 0 unspecified atom stereocenters. The highest BCUT2D eigenvalue weighted by atomic mass is 16.5. The highest BCUT2D eigenvalue weighted by molar-refractivity contribution is 5.82. The first-order valence-electron chi connectivity index (χ1n) is 8.24. The lowest BCUT2D eigenvalue weighted by Crippen LogP contribution is -2.41. The van der Waals surface area contributed by atoms with Gasteiger partial charge in [-0.15, -0.1) is 0 Å². The van der Waals surface area contributed by atoms with Crippen LogP contribution in [-0.4, -0.2) is 58.3 Å². The number of guanidine groups is 1. The maximum Gasteiger partial charge on any atom is 0.191 e. The molecule has 0 aliphatic heterocycles. The minimum atomic E-state index is 0.611. The predicted octanol–water partition coefficient (Wildman–Crippen LogP) is 1.98. The third-order valence-corrected chi connectivity index (χ3v) is 4.05. The SMILES string of the molecule is CN=C(NCCN(C)CCOC)NCc1oc2ccccc2c1C. The van der Waals surface area contributed by atoms with Crippen molar-refractivity contribution in [1.29, 1.82) is 0 Å². The molecular formula is C18H28N4O2. The second-order valence-electron chi connectivity index (χ2n) is 5.80. The molecule has 0 amide bonds. The van der Waals surface area contributed by atoms with Gasteiger partial charge in [-0.3, -0.25) is 4.99 Å². The van der Waals surface area contributed by atoms with Crippen molar-refractivity contribution in [3.05, 3.63) is 35.6 Å². The summed E-state index contributed by atoms with van der Waals surface area (Å²) >= 11 is 0. The van der Waals surface area contributed by atoms with Crippen LogP contribution < -0.4 is 10.6 Å². The third kappa shape index (κ3) is 4.97. The zero-order chi connectivity index (χ0) is 17.4. The van der Waals surface area contributed by atoms with Crippen molar-refractivity contribution in [2.75, 3.05) is 47.4 Å². The highest BCUT2D eigenvalue weighted by Gasteiger charge is 2.10. The standard InChI is InChI=1S/C18H28N4O2/c1-14-15-7-5-6-8-16(15)24-17(14)13-21-18(19-2)20-9-10-22(3)11-12-23-4/h5-8H,9-13H2,1-4H3,(H2,19,20,21). The van der Waals surface area contributed by atoms with Crippen LogP contribution in [0.1, 0.15) is 11.3 Å². The Morgan fingerprint density at radius 2 is 2.04 bits per heavy atom. The fourth-order valence-electron chi connectivity index (χ4n) is 2.50. The molecule has 2 N–H and O–H groups in total. The Morgan fingerprint density at radius 1 is 1.25 bits per heavy atom. The first-order chi connectivity index (χ1) is 11.7. The molecule has 0 radical (unpaired) electrons. The van der Waals surface area contributed by atoms with Gasteiger partial charge in [0.2, 0.25) is 0 Å². The quantitative estimate of drug-likeness (QED) is 0.572. The minimum Gasteiger partial charge on any atom is -0.459 e. The molecule has 2 rings (SSSR count). The van der Waals surface area contributed by atoms with Crippen LogP contribution in [0.5, 0.6) is 0 Å². The molecule has 132 valence electrons. The van der Waals surface area contributed by atoms with Gasteiger partial charge < -0.3 is 24.7 Å². The summed E-state index contributed by atoms with van der Waals surface area (Å²) in [6.07, 6.45) is 0. The Bertz CT molecular complexity index is 666. The van der Waals surface area contributed by atoms with Crippen molar-refractivity contribution in [3.63, 3.8) is 0 Å². The molecule has 0 atom stereocenters. The van der Waals surface area contributed by atoms with E-state index in [4.69, 9.17) is 9.15 Å². The number of nitrogens with one attached hydrogen (secondary N) is 2. The van der Waals surface area contributed by atoms with Gasteiger partial charge in [-0.1, -0.05) is 18.2 Å². The normalized spacial score (nSPS) is 12.1. The molecule has 0 aliphatic rings. The summed E-state index contributed by atoms with van der Waals surface area (Å²) in [5.41, 5.74) is 2.10. The summed E-state index contributed by atoms with van der Waals surface area (Å²) < 4.78 is 11.0. The van der Waals surface area contributed by atoms with Gasteiger partial charge in [-0.2, -0.15) is 0 Å². The Hall–Kier alpha value is -2.05. The number of aliphatic imine (C=N–C) groups is 1. The van der Waals surface area contributed by atoms with Crippen molar-refractivity contribution in [3.8, 4) is 0 Å². The van der Waals surface area contributed by atoms with Gasteiger partial charge in [-0.25, -0.2) is 0 Å². The van der Waals surface area contributed by atoms with E-state index >= 15 is 0 Å². The number of furan rings is 1. The molecule has 6 heteroatoms. The van der Waals surface area contributed by atoms with Crippen LogP contribution >= 0.6 is 0 Å². The first-order valence-corrected chi connectivity index (χ1v) is 8.24. The molecule has 2 aromatic rings. The van der Waals surface area contributed by atoms with Crippen molar-refractivity contribution < 1.29 is 9.15 Å². The number of nitrogens with zero attached hydrogens (tertiary/aromatic N) is 2.